The zero-order valence-corrected chi connectivity index (χ0v) is 14.1. The molecular weight excluding hydrogens is 347 g/mol. The van der Waals surface area contributed by atoms with E-state index in [0.717, 1.165) is 5.39 Å². The van der Waals surface area contributed by atoms with Gasteiger partial charge in [0.2, 0.25) is 11.8 Å². The second-order valence-corrected chi connectivity index (χ2v) is 4.00. The minimum atomic E-state index is 0. The number of hydrogen-bond acceptors (Lipinski definition) is 6. The van der Waals surface area contributed by atoms with Crippen molar-refractivity contribution in [2.75, 3.05) is 5.73 Å². The van der Waals surface area contributed by atoms with Crippen LogP contribution in [0.1, 0.15) is 0 Å². The number of anilines is 1. The Kier molecular flexibility index (Phi) is 4.02. The van der Waals surface area contributed by atoms with E-state index < -0.39 is 0 Å². The molecule has 0 amide bonds. The molecule has 0 saturated carbocycles. The predicted octanol–water partition coefficient (Wildman–Crippen LogP) is 1.40. The molecule has 105 valence electrons. The third-order valence-corrected chi connectivity index (χ3v) is 2.84. The molecule has 0 fully saturated rings. The Morgan fingerprint density at radius 2 is 2.05 bits per heavy atom. The number of nitrogen functional groups attached to an aromatic ring is 1. The molecule has 4 aromatic rings. The summed E-state index contributed by atoms with van der Waals surface area (Å²) < 4.78 is 8.13. The Morgan fingerprint density at radius 1 is 1.24 bits per heavy atom. The maximum absolute atomic E-state index is 5.87. The molecule has 0 aliphatic heterocycles. The summed E-state index contributed by atoms with van der Waals surface area (Å²) in [5.74, 6) is 1.24. The van der Waals surface area contributed by atoms with Crippen LogP contribution in [0.2, 0.25) is 0 Å². The largest absolute Gasteiger partial charge is 0.461 e. The number of fused-ring (bicyclic) bond motifs is 3. The van der Waals surface area contributed by atoms with Gasteiger partial charge in [-0.05, 0) is 12.1 Å². The van der Waals surface area contributed by atoms with E-state index in [9.17, 15) is 0 Å². The summed E-state index contributed by atoms with van der Waals surface area (Å²) in [5, 5.41) is 9.05. The second-order valence-electron chi connectivity index (χ2n) is 4.00. The normalized spacial score (nSPS) is 10.5. The maximum Gasteiger partial charge on any atom is 0.217 e. The second kappa shape index (κ2) is 5.46. The van der Waals surface area contributed by atoms with E-state index >= 15 is 0 Å². The Bertz CT molecular complexity index is 893. The molecule has 1 radical (unpaired) electrons. The summed E-state index contributed by atoms with van der Waals surface area (Å²) in [6, 6.07) is 3.55. The molecular formula is C12H11N7OY-2. The van der Waals surface area contributed by atoms with E-state index in [1.165, 1.54) is 9.20 Å². The first-order chi connectivity index (χ1) is 9.24. The number of rotatable bonds is 1. The van der Waals surface area contributed by atoms with Crippen molar-refractivity contribution in [3.63, 3.8) is 0 Å². The fourth-order valence-corrected chi connectivity index (χ4v) is 1.97. The van der Waals surface area contributed by atoms with Crippen LogP contribution in [0.3, 0.4) is 0 Å². The smallest absolute Gasteiger partial charge is 0.217 e. The molecule has 4 heterocycles. The van der Waals surface area contributed by atoms with Gasteiger partial charge in [0.1, 0.15) is 0 Å². The van der Waals surface area contributed by atoms with Crippen molar-refractivity contribution in [2.24, 2.45) is 0 Å². The topological polar surface area (TPSA) is 100 Å². The van der Waals surface area contributed by atoms with Gasteiger partial charge in [-0.2, -0.15) is 11.6 Å². The zero-order valence-electron chi connectivity index (χ0n) is 11.3. The number of furan rings is 1. The minimum absolute atomic E-state index is 0. The summed E-state index contributed by atoms with van der Waals surface area (Å²) >= 11 is 0. The van der Waals surface area contributed by atoms with E-state index in [0.29, 0.717) is 22.9 Å². The first-order valence-electron chi connectivity index (χ1n) is 5.49. The molecule has 0 saturated heterocycles. The first kappa shape index (κ1) is 15.5. The monoisotopic (exact) mass is 358 g/mol. The van der Waals surface area contributed by atoms with Crippen LogP contribution in [0.5, 0.6) is 0 Å². The van der Waals surface area contributed by atoms with Crippen molar-refractivity contribution < 1.29 is 37.1 Å². The van der Waals surface area contributed by atoms with Crippen LogP contribution >= 0.6 is 0 Å². The number of aromatic nitrogens is 6. The molecule has 0 spiro atoms. The molecule has 21 heavy (non-hydrogen) atoms. The first-order valence-corrected chi connectivity index (χ1v) is 5.49. The molecule has 0 bridgehead atoms. The fraction of sp³-hybridized carbons (Fsp3) is 0. The van der Waals surface area contributed by atoms with Gasteiger partial charge in [0, 0.05) is 49.9 Å². The summed E-state index contributed by atoms with van der Waals surface area (Å²) in [4.78, 5) is 8.62. The van der Waals surface area contributed by atoms with E-state index in [4.69, 9.17) is 10.2 Å². The van der Waals surface area contributed by atoms with Crippen LogP contribution in [0, 0.1) is 14.5 Å². The Hall–Kier alpha value is -1.93. The molecule has 4 aromatic heterocycles. The summed E-state index contributed by atoms with van der Waals surface area (Å²) in [5.41, 5.74) is 7.00. The minimum Gasteiger partial charge on any atom is -0.461 e. The van der Waals surface area contributed by atoms with Crippen molar-refractivity contribution >= 4 is 22.6 Å². The molecule has 9 heteroatoms. The number of nitrogens with zero attached hydrogens (tertiary/aromatic N) is 6. The average molecular weight is 358 g/mol. The van der Waals surface area contributed by atoms with E-state index in [2.05, 4.69) is 27.2 Å². The van der Waals surface area contributed by atoms with Crippen molar-refractivity contribution in [2.45, 2.75) is 0 Å². The average Bonchev–Trinajstić information content (AvgIpc) is 3.08. The summed E-state index contributed by atoms with van der Waals surface area (Å²) in [6.07, 6.45) is 3.19. The zero-order chi connectivity index (χ0) is 13.0. The van der Waals surface area contributed by atoms with Gasteiger partial charge < -0.3 is 22.3 Å². The van der Waals surface area contributed by atoms with Crippen LogP contribution in [0.15, 0.2) is 29.0 Å². The van der Waals surface area contributed by atoms with Gasteiger partial charge in [0.25, 0.3) is 0 Å². The Morgan fingerprint density at radius 3 is 2.76 bits per heavy atom. The Balaban J connectivity index is 0.000000807. The van der Waals surface area contributed by atoms with Gasteiger partial charge in [0.15, 0.2) is 11.4 Å². The van der Waals surface area contributed by atoms with Crippen molar-refractivity contribution in [1.29, 1.82) is 0 Å². The van der Waals surface area contributed by atoms with Crippen molar-refractivity contribution in [3.8, 4) is 11.6 Å². The van der Waals surface area contributed by atoms with E-state index in [1.54, 1.807) is 24.6 Å². The number of hydrogen-bond donors (Lipinski definition) is 1. The molecule has 2 N–H and O–H groups in total. The predicted molar refractivity (Wildman–Crippen MR) is 73.4 cm³/mol. The molecule has 4 rings (SSSR count). The van der Waals surface area contributed by atoms with Crippen LogP contribution < -0.4 is 5.73 Å². The van der Waals surface area contributed by atoms with Gasteiger partial charge >= 0.3 is 0 Å². The van der Waals surface area contributed by atoms with Gasteiger partial charge in [-0.25, -0.2) is 10.1 Å². The van der Waals surface area contributed by atoms with Gasteiger partial charge in [-0.15, -0.1) is 5.10 Å². The molecule has 0 aromatic carbocycles. The fourth-order valence-electron chi connectivity index (χ4n) is 1.97. The SMILES string of the molecule is [CH2-]n1ncc2c1nc(N)n1nc(-c3ccco3)nc21.[CH3-].[Y]. The van der Waals surface area contributed by atoms with Crippen LogP contribution in [0.25, 0.3) is 28.3 Å². The van der Waals surface area contributed by atoms with Crippen LogP contribution in [-0.4, -0.2) is 29.4 Å². The van der Waals surface area contributed by atoms with Gasteiger partial charge in [-0.1, -0.05) is 0 Å². The van der Waals surface area contributed by atoms with Crippen molar-refractivity contribution in [1.82, 2.24) is 29.4 Å². The molecule has 0 aliphatic carbocycles. The molecule has 0 unspecified atom stereocenters. The van der Waals surface area contributed by atoms with Crippen LogP contribution in [-0.2, 0) is 32.7 Å². The quantitative estimate of drug-likeness (QED) is 0.517. The van der Waals surface area contributed by atoms with Gasteiger partial charge in [-0.3, -0.25) is 4.98 Å². The summed E-state index contributed by atoms with van der Waals surface area (Å²) in [7, 11) is 3.72. The standard InChI is InChI=1S/C11H8N7O.CH3.Y/c1-17-9-6(5-13-17)10-14-8(7-3-2-4-19-7)16-18(10)11(12)15-9;;/h2-5H,1H2,(H2,12,15);1H3;/q2*-1;. The van der Waals surface area contributed by atoms with E-state index in [-0.39, 0.29) is 46.1 Å². The van der Waals surface area contributed by atoms with Crippen molar-refractivity contribution in [3.05, 3.63) is 39.1 Å². The molecule has 0 atom stereocenters. The van der Waals surface area contributed by atoms with E-state index in [1.807, 2.05) is 0 Å². The maximum atomic E-state index is 5.87. The number of nitrogens with two attached hydrogens (primary N) is 1. The Labute approximate surface area is 145 Å². The third kappa shape index (κ3) is 2.20. The third-order valence-electron chi connectivity index (χ3n) is 2.84. The van der Waals surface area contributed by atoms with Crippen LogP contribution in [0.4, 0.5) is 5.95 Å². The van der Waals surface area contributed by atoms with Gasteiger partial charge in [0.05, 0.1) is 6.26 Å². The molecule has 0 aliphatic rings. The summed E-state index contributed by atoms with van der Waals surface area (Å²) in [6.45, 7) is 0. The molecule has 8 nitrogen and oxygen atoms in total.